The fraction of sp³-hybridized carbons (Fsp3) is 0.333. The van der Waals surface area contributed by atoms with Crippen molar-refractivity contribution in [3.8, 4) is 11.5 Å². The number of amides is 1. The number of ether oxygens (including phenoxy) is 3. The first kappa shape index (κ1) is 30.6. The van der Waals surface area contributed by atoms with Gasteiger partial charge in [0.15, 0.2) is 5.76 Å². The minimum Gasteiger partial charge on any atom is -0.506 e. The fourth-order valence-corrected chi connectivity index (χ4v) is 4.79. The van der Waals surface area contributed by atoms with Crippen LogP contribution in [-0.2, 0) is 25.7 Å². The van der Waals surface area contributed by atoms with Crippen LogP contribution in [0.2, 0.25) is 0 Å². The number of aromatic hydroxyl groups is 1. The van der Waals surface area contributed by atoms with Gasteiger partial charge in [0.25, 0.3) is 12.4 Å². The van der Waals surface area contributed by atoms with Crippen LogP contribution in [0.4, 0.5) is 15.8 Å². The van der Waals surface area contributed by atoms with Crippen LogP contribution < -0.4 is 15.0 Å². The molecule has 3 aromatic rings. The monoisotopic (exact) mass is 576 g/mol. The van der Waals surface area contributed by atoms with Crippen molar-refractivity contribution in [1.29, 1.82) is 0 Å². The first-order chi connectivity index (χ1) is 20.2. The Morgan fingerprint density at radius 3 is 2.52 bits per heavy atom. The molecule has 4 rings (SSSR count). The van der Waals surface area contributed by atoms with Crippen molar-refractivity contribution < 1.29 is 33.3 Å². The third kappa shape index (κ3) is 6.91. The molecule has 1 atom stereocenters. The lowest BCUT2D eigenvalue weighted by Gasteiger charge is -2.33. The molecular formula is C33H37FN2O6. The molecule has 1 aliphatic rings. The average molecular weight is 577 g/mol. The van der Waals surface area contributed by atoms with E-state index in [1.54, 1.807) is 25.1 Å². The van der Waals surface area contributed by atoms with Gasteiger partial charge in [0, 0.05) is 18.2 Å². The molecule has 2 N–H and O–H groups in total. The highest BCUT2D eigenvalue weighted by molar-refractivity contribution is 6.00. The summed E-state index contributed by atoms with van der Waals surface area (Å²) < 4.78 is 33.0. The normalized spacial score (nSPS) is 15.0. The second kappa shape index (κ2) is 13.5. The number of nitrogens with one attached hydrogen (secondary N) is 1. The SMILES string of the molecule is CCOCC(=O)N1c2cccc(O)c2NC(CC(C)(C)CC)=C(OC=O)C1c1ccc(OCc2ccccc2)cc1F. The van der Waals surface area contributed by atoms with Gasteiger partial charge in [-0.05, 0) is 48.6 Å². The summed E-state index contributed by atoms with van der Waals surface area (Å²) in [6.07, 6.45) is 1.16. The van der Waals surface area contributed by atoms with Crippen LogP contribution in [0.25, 0.3) is 0 Å². The van der Waals surface area contributed by atoms with Crippen molar-refractivity contribution in [1.82, 2.24) is 0 Å². The van der Waals surface area contributed by atoms with E-state index in [1.165, 1.54) is 23.1 Å². The molecule has 42 heavy (non-hydrogen) atoms. The van der Waals surface area contributed by atoms with Crippen LogP contribution in [0.5, 0.6) is 11.5 Å². The molecule has 222 valence electrons. The molecule has 1 unspecified atom stereocenters. The number of allylic oxidation sites excluding steroid dienone is 1. The number of carbonyl (C=O) groups is 2. The lowest BCUT2D eigenvalue weighted by Crippen LogP contribution is -2.39. The highest BCUT2D eigenvalue weighted by atomic mass is 19.1. The predicted molar refractivity (Wildman–Crippen MR) is 158 cm³/mol. The Hall–Kier alpha value is -4.37. The van der Waals surface area contributed by atoms with Crippen LogP contribution >= 0.6 is 0 Å². The van der Waals surface area contributed by atoms with E-state index in [0.29, 0.717) is 17.9 Å². The quantitative estimate of drug-likeness (QED) is 0.180. The van der Waals surface area contributed by atoms with Crippen LogP contribution in [0.15, 0.2) is 78.2 Å². The zero-order valence-electron chi connectivity index (χ0n) is 24.4. The second-order valence-corrected chi connectivity index (χ2v) is 10.8. The lowest BCUT2D eigenvalue weighted by atomic mass is 9.84. The third-order valence-electron chi connectivity index (χ3n) is 7.36. The van der Waals surface area contributed by atoms with E-state index >= 15 is 4.39 Å². The largest absolute Gasteiger partial charge is 0.506 e. The molecule has 0 bridgehead atoms. The number of rotatable bonds is 12. The molecule has 3 aromatic carbocycles. The Bertz CT molecular complexity index is 1440. The molecule has 1 aliphatic heterocycles. The van der Waals surface area contributed by atoms with Crippen molar-refractivity contribution >= 4 is 23.8 Å². The molecule has 0 aromatic heterocycles. The fourth-order valence-electron chi connectivity index (χ4n) is 4.79. The molecule has 0 fully saturated rings. The van der Waals surface area contributed by atoms with Gasteiger partial charge in [-0.1, -0.05) is 63.6 Å². The minimum absolute atomic E-state index is 0.0452. The maximum Gasteiger partial charge on any atom is 0.298 e. The first-order valence-corrected chi connectivity index (χ1v) is 14.0. The summed E-state index contributed by atoms with van der Waals surface area (Å²) in [5.41, 5.74) is 1.69. The molecule has 0 spiro atoms. The summed E-state index contributed by atoms with van der Waals surface area (Å²) in [6, 6.07) is 17.4. The standard InChI is InChI=1S/C33H37FN2O6/c1-5-33(3,4)18-26-32(42-21-37)31(24-16-15-23(17-25(24)34)41-19-22-11-8-7-9-12-22)36(29(39)20-40-6-2)27-13-10-14-28(38)30(27)35-26/h7-17,21,31,35,38H,5-6,18-20H2,1-4H3. The van der Waals surface area contributed by atoms with Crippen LogP contribution in [0, 0.1) is 11.2 Å². The van der Waals surface area contributed by atoms with Gasteiger partial charge in [-0.25, -0.2) is 4.39 Å². The number of phenols is 1. The summed E-state index contributed by atoms with van der Waals surface area (Å²) in [5.74, 6) is -0.952. The van der Waals surface area contributed by atoms with Crippen LogP contribution in [0.1, 0.15) is 57.7 Å². The Kier molecular flexibility index (Phi) is 9.85. The van der Waals surface area contributed by atoms with E-state index in [0.717, 1.165) is 12.0 Å². The summed E-state index contributed by atoms with van der Waals surface area (Å²) in [4.78, 5) is 27.0. The number of nitrogens with zero attached hydrogens (tertiary/aromatic N) is 1. The van der Waals surface area contributed by atoms with Gasteiger partial charge in [0.05, 0.1) is 11.4 Å². The Labute approximate surface area is 245 Å². The Morgan fingerprint density at radius 2 is 1.86 bits per heavy atom. The molecule has 0 saturated carbocycles. The predicted octanol–water partition coefficient (Wildman–Crippen LogP) is 6.86. The molecule has 8 nitrogen and oxygen atoms in total. The molecule has 0 aliphatic carbocycles. The maximum atomic E-state index is 16.1. The second-order valence-electron chi connectivity index (χ2n) is 10.8. The number of fused-ring (bicyclic) bond motifs is 1. The van der Waals surface area contributed by atoms with E-state index in [1.807, 2.05) is 51.1 Å². The van der Waals surface area contributed by atoms with E-state index in [2.05, 4.69) is 5.32 Å². The summed E-state index contributed by atoms with van der Waals surface area (Å²) in [7, 11) is 0. The average Bonchev–Trinajstić information content (AvgIpc) is 3.11. The van der Waals surface area contributed by atoms with Crippen molar-refractivity contribution in [2.24, 2.45) is 5.41 Å². The number of anilines is 2. The molecule has 0 radical (unpaired) electrons. The molecule has 0 saturated heterocycles. The molecule has 1 heterocycles. The number of para-hydroxylation sites is 1. The van der Waals surface area contributed by atoms with Crippen molar-refractivity contribution in [2.75, 3.05) is 23.4 Å². The number of phenolic OH excluding ortho intramolecular Hbond substituents is 1. The zero-order valence-corrected chi connectivity index (χ0v) is 24.4. The van der Waals surface area contributed by atoms with Crippen LogP contribution in [-0.4, -0.2) is 30.7 Å². The highest BCUT2D eigenvalue weighted by Crippen LogP contribution is 2.48. The highest BCUT2D eigenvalue weighted by Gasteiger charge is 2.40. The van der Waals surface area contributed by atoms with Gasteiger partial charge >= 0.3 is 0 Å². The van der Waals surface area contributed by atoms with Crippen molar-refractivity contribution in [2.45, 2.75) is 53.2 Å². The van der Waals surface area contributed by atoms with Gasteiger partial charge in [-0.15, -0.1) is 0 Å². The van der Waals surface area contributed by atoms with Crippen LogP contribution in [0.3, 0.4) is 0 Å². The number of halogens is 1. The van der Waals surface area contributed by atoms with Crippen molar-refractivity contribution in [3.63, 3.8) is 0 Å². The number of benzene rings is 3. The Morgan fingerprint density at radius 1 is 1.10 bits per heavy atom. The summed E-state index contributed by atoms with van der Waals surface area (Å²) >= 11 is 0. The topological polar surface area (TPSA) is 97.3 Å². The number of hydrogen-bond donors (Lipinski definition) is 2. The van der Waals surface area contributed by atoms with Crippen molar-refractivity contribution in [3.05, 3.63) is 95.1 Å². The maximum absolute atomic E-state index is 16.1. The summed E-state index contributed by atoms with van der Waals surface area (Å²) in [6.45, 7) is 8.35. The number of carbonyl (C=O) groups excluding carboxylic acids is 2. The van der Waals surface area contributed by atoms with Gasteiger partial charge in [-0.3, -0.25) is 14.5 Å². The third-order valence-corrected chi connectivity index (χ3v) is 7.36. The number of hydrogen-bond acceptors (Lipinski definition) is 7. The summed E-state index contributed by atoms with van der Waals surface area (Å²) in [5, 5.41) is 14.1. The molecular weight excluding hydrogens is 539 g/mol. The van der Waals surface area contributed by atoms with E-state index in [9.17, 15) is 14.7 Å². The smallest absolute Gasteiger partial charge is 0.298 e. The first-order valence-electron chi connectivity index (χ1n) is 14.0. The van der Waals surface area contributed by atoms with Gasteiger partial charge in [-0.2, -0.15) is 0 Å². The minimum atomic E-state index is -1.20. The van der Waals surface area contributed by atoms with Gasteiger partial charge in [0.1, 0.15) is 42.3 Å². The zero-order chi connectivity index (χ0) is 30.3. The van der Waals surface area contributed by atoms with Gasteiger partial charge < -0.3 is 24.6 Å². The molecule has 9 heteroatoms. The van der Waals surface area contributed by atoms with E-state index in [-0.39, 0.29) is 60.2 Å². The molecule has 1 amide bonds. The van der Waals surface area contributed by atoms with E-state index < -0.39 is 17.8 Å². The Balaban J connectivity index is 1.89. The van der Waals surface area contributed by atoms with Gasteiger partial charge in [0.2, 0.25) is 0 Å². The van der Waals surface area contributed by atoms with E-state index in [4.69, 9.17) is 14.2 Å². The lowest BCUT2D eigenvalue weighted by molar-refractivity contribution is -0.127.